The number of carbonyl (C=O) groups excluding carboxylic acids is 1. The average Bonchev–Trinajstić information content (AvgIpc) is 2.93. The first kappa shape index (κ1) is 12.9. The van der Waals surface area contributed by atoms with Crippen molar-refractivity contribution in [3.05, 3.63) is 42.5 Å². The number of ether oxygens (including phenoxy) is 1. The summed E-state index contributed by atoms with van der Waals surface area (Å²) in [5.41, 5.74) is 7.45. The summed E-state index contributed by atoms with van der Waals surface area (Å²) in [7, 11) is 1.35. The number of hydrogen-bond acceptors (Lipinski definition) is 5. The Morgan fingerprint density at radius 2 is 2.37 bits per heavy atom. The summed E-state index contributed by atoms with van der Waals surface area (Å²) in [4.78, 5) is 15.6. The highest BCUT2D eigenvalue weighted by Crippen LogP contribution is 2.23. The number of rotatable bonds is 5. The minimum Gasteiger partial charge on any atom is -0.465 e. The van der Waals surface area contributed by atoms with Crippen LogP contribution < -0.4 is 11.1 Å². The highest BCUT2D eigenvalue weighted by Gasteiger charge is 2.13. The number of anilines is 2. The zero-order valence-electron chi connectivity index (χ0n) is 10.7. The third-order valence-electron chi connectivity index (χ3n) is 2.73. The Balaban J connectivity index is 2.08. The number of nitrogens with two attached hydrogens (primary N) is 1. The molecule has 0 aliphatic carbocycles. The molecule has 1 heterocycles. The maximum Gasteiger partial charge on any atom is 0.340 e. The van der Waals surface area contributed by atoms with E-state index in [-0.39, 0.29) is 0 Å². The van der Waals surface area contributed by atoms with Crippen LogP contribution in [-0.4, -0.2) is 29.2 Å². The Kier molecular flexibility index (Phi) is 4.02. The molecular formula is C13H16N4O2. The fraction of sp³-hybridized carbons (Fsp3) is 0.231. The van der Waals surface area contributed by atoms with Crippen LogP contribution in [0.1, 0.15) is 10.4 Å². The van der Waals surface area contributed by atoms with Gasteiger partial charge < -0.3 is 20.4 Å². The molecule has 0 saturated heterocycles. The molecule has 6 heteroatoms. The first-order valence-electron chi connectivity index (χ1n) is 5.89. The second kappa shape index (κ2) is 5.90. The summed E-state index contributed by atoms with van der Waals surface area (Å²) < 4.78 is 6.67. The van der Waals surface area contributed by atoms with Crippen molar-refractivity contribution in [1.82, 2.24) is 9.55 Å². The van der Waals surface area contributed by atoms with Crippen LogP contribution in [0.2, 0.25) is 0 Å². The topological polar surface area (TPSA) is 82.2 Å². The number of nitrogen functional groups attached to an aromatic ring is 1. The molecule has 0 unspecified atom stereocenters. The zero-order chi connectivity index (χ0) is 13.7. The van der Waals surface area contributed by atoms with Crippen LogP contribution in [-0.2, 0) is 11.3 Å². The van der Waals surface area contributed by atoms with Gasteiger partial charge in [0.05, 0.1) is 30.4 Å². The van der Waals surface area contributed by atoms with Crippen LogP contribution in [0.3, 0.4) is 0 Å². The molecule has 1 aromatic carbocycles. The lowest BCUT2D eigenvalue weighted by Crippen LogP contribution is -2.14. The molecule has 0 fully saturated rings. The van der Waals surface area contributed by atoms with E-state index in [4.69, 9.17) is 10.5 Å². The van der Waals surface area contributed by atoms with Gasteiger partial charge in [0.25, 0.3) is 0 Å². The van der Waals surface area contributed by atoms with Gasteiger partial charge in [0.15, 0.2) is 0 Å². The number of aromatic nitrogens is 2. The molecule has 19 heavy (non-hydrogen) atoms. The predicted molar refractivity (Wildman–Crippen MR) is 72.9 cm³/mol. The molecule has 1 aromatic heterocycles. The van der Waals surface area contributed by atoms with Crippen molar-refractivity contribution in [2.75, 3.05) is 24.7 Å². The molecule has 3 N–H and O–H groups in total. The lowest BCUT2D eigenvalue weighted by Gasteiger charge is -2.13. The molecule has 0 bridgehead atoms. The van der Waals surface area contributed by atoms with E-state index in [2.05, 4.69) is 10.3 Å². The van der Waals surface area contributed by atoms with Gasteiger partial charge in [-0.2, -0.15) is 0 Å². The number of benzene rings is 1. The third kappa shape index (κ3) is 3.04. The van der Waals surface area contributed by atoms with Gasteiger partial charge in [-0.1, -0.05) is 6.07 Å². The molecular weight excluding hydrogens is 244 g/mol. The van der Waals surface area contributed by atoms with E-state index < -0.39 is 5.97 Å². The first-order chi connectivity index (χ1) is 9.22. The van der Waals surface area contributed by atoms with Crippen LogP contribution in [0.15, 0.2) is 36.9 Å². The van der Waals surface area contributed by atoms with E-state index in [0.29, 0.717) is 23.5 Å². The van der Waals surface area contributed by atoms with Gasteiger partial charge in [0.2, 0.25) is 0 Å². The monoisotopic (exact) mass is 260 g/mol. The normalized spacial score (nSPS) is 10.2. The van der Waals surface area contributed by atoms with Crippen LogP contribution in [0.5, 0.6) is 0 Å². The van der Waals surface area contributed by atoms with Gasteiger partial charge >= 0.3 is 5.97 Å². The average molecular weight is 260 g/mol. The quantitative estimate of drug-likeness (QED) is 0.626. The van der Waals surface area contributed by atoms with E-state index >= 15 is 0 Å². The van der Waals surface area contributed by atoms with E-state index in [1.165, 1.54) is 7.11 Å². The Morgan fingerprint density at radius 1 is 1.53 bits per heavy atom. The minimum atomic E-state index is -0.405. The maximum absolute atomic E-state index is 11.6. The van der Waals surface area contributed by atoms with Crippen LogP contribution in [0.25, 0.3) is 0 Å². The van der Waals surface area contributed by atoms with Crippen molar-refractivity contribution in [2.24, 2.45) is 0 Å². The fourth-order valence-corrected chi connectivity index (χ4v) is 1.78. The highest BCUT2D eigenvalue weighted by molar-refractivity contribution is 5.98. The van der Waals surface area contributed by atoms with Crippen LogP contribution >= 0.6 is 0 Å². The molecule has 0 atom stereocenters. The number of carbonyl (C=O) groups is 1. The van der Waals surface area contributed by atoms with Crippen molar-refractivity contribution >= 4 is 17.3 Å². The minimum absolute atomic E-state index is 0.405. The molecule has 0 aliphatic heterocycles. The summed E-state index contributed by atoms with van der Waals surface area (Å²) in [5.74, 6) is -0.405. The van der Waals surface area contributed by atoms with E-state index in [9.17, 15) is 4.79 Å². The lowest BCUT2D eigenvalue weighted by molar-refractivity contribution is 0.0602. The maximum atomic E-state index is 11.6. The molecule has 0 spiro atoms. The molecule has 0 saturated carbocycles. The second-order valence-corrected chi connectivity index (χ2v) is 3.99. The summed E-state index contributed by atoms with van der Waals surface area (Å²) in [6.45, 7) is 1.36. The van der Waals surface area contributed by atoms with Gasteiger partial charge in [-0.15, -0.1) is 0 Å². The van der Waals surface area contributed by atoms with Gasteiger partial charge in [0.1, 0.15) is 0 Å². The number of para-hydroxylation sites is 1. The first-order valence-corrected chi connectivity index (χ1v) is 5.89. The molecule has 0 radical (unpaired) electrons. The smallest absolute Gasteiger partial charge is 0.340 e. The second-order valence-electron chi connectivity index (χ2n) is 3.99. The van der Waals surface area contributed by atoms with E-state index in [0.717, 1.165) is 6.54 Å². The largest absolute Gasteiger partial charge is 0.465 e. The predicted octanol–water partition coefficient (Wildman–Crippen LogP) is 1.36. The number of esters is 1. The summed E-state index contributed by atoms with van der Waals surface area (Å²) in [6, 6.07) is 5.15. The number of nitrogens with one attached hydrogen (secondary N) is 1. The standard InChI is InChI=1S/C13H16N4O2/c1-19-13(18)10-3-2-4-11(14)12(10)16-6-8-17-7-5-15-9-17/h2-5,7,9,16H,6,8,14H2,1H3. The van der Waals surface area contributed by atoms with Crippen molar-refractivity contribution in [3.8, 4) is 0 Å². The zero-order valence-corrected chi connectivity index (χ0v) is 10.7. The molecule has 0 aliphatic rings. The number of methoxy groups -OCH3 is 1. The SMILES string of the molecule is COC(=O)c1cccc(N)c1NCCn1ccnc1. The van der Waals surface area contributed by atoms with Crippen molar-refractivity contribution < 1.29 is 9.53 Å². The molecule has 2 aromatic rings. The summed E-state index contributed by atoms with van der Waals surface area (Å²) >= 11 is 0. The van der Waals surface area contributed by atoms with Crippen molar-refractivity contribution in [2.45, 2.75) is 6.54 Å². The number of hydrogen-bond donors (Lipinski definition) is 2. The van der Waals surface area contributed by atoms with Crippen molar-refractivity contribution in [1.29, 1.82) is 0 Å². The van der Waals surface area contributed by atoms with Gasteiger partial charge in [0, 0.05) is 25.5 Å². The number of nitrogens with zero attached hydrogens (tertiary/aromatic N) is 2. The highest BCUT2D eigenvalue weighted by atomic mass is 16.5. The molecule has 100 valence electrons. The Bertz CT molecular complexity index is 552. The Hall–Kier alpha value is -2.50. The summed E-state index contributed by atoms with van der Waals surface area (Å²) in [6.07, 6.45) is 5.32. The Morgan fingerprint density at radius 3 is 3.05 bits per heavy atom. The van der Waals surface area contributed by atoms with E-state index in [1.807, 2.05) is 10.8 Å². The van der Waals surface area contributed by atoms with E-state index in [1.54, 1.807) is 30.7 Å². The van der Waals surface area contributed by atoms with Crippen molar-refractivity contribution in [3.63, 3.8) is 0 Å². The number of imidazole rings is 1. The Labute approximate surface area is 111 Å². The molecule has 6 nitrogen and oxygen atoms in total. The van der Waals surface area contributed by atoms with Crippen LogP contribution in [0.4, 0.5) is 11.4 Å². The van der Waals surface area contributed by atoms with Gasteiger partial charge in [-0.25, -0.2) is 9.78 Å². The fourth-order valence-electron chi connectivity index (χ4n) is 1.78. The molecule has 2 rings (SSSR count). The van der Waals surface area contributed by atoms with Gasteiger partial charge in [-0.05, 0) is 12.1 Å². The third-order valence-corrected chi connectivity index (χ3v) is 2.73. The summed E-state index contributed by atoms with van der Waals surface area (Å²) in [5, 5.41) is 3.16. The molecule has 0 amide bonds. The van der Waals surface area contributed by atoms with Crippen LogP contribution in [0, 0.1) is 0 Å². The van der Waals surface area contributed by atoms with Gasteiger partial charge in [-0.3, -0.25) is 0 Å². The lowest BCUT2D eigenvalue weighted by atomic mass is 10.1.